The van der Waals surface area contributed by atoms with Gasteiger partial charge < -0.3 is 20.3 Å². The molecule has 0 aliphatic heterocycles. The summed E-state index contributed by atoms with van der Waals surface area (Å²) in [6.07, 6.45) is 0. The molecule has 2 amide bonds. The second kappa shape index (κ2) is 11.1. The van der Waals surface area contributed by atoms with Crippen LogP contribution in [-0.2, 0) is 14.4 Å². The molecular weight excluding hydrogens is 400 g/mol. The third-order valence-electron chi connectivity index (χ3n) is 4.23. The number of nitrogens with zero attached hydrogens (tertiary/aromatic N) is 2. The Morgan fingerprint density at radius 2 is 1.26 bits per heavy atom. The lowest BCUT2D eigenvalue weighted by molar-refractivity contribution is -0.146. The molecule has 9 nitrogen and oxygen atoms in total. The van der Waals surface area contributed by atoms with E-state index in [0.717, 1.165) is 0 Å². The normalized spacial score (nSPS) is 11.7. The predicted octanol–water partition coefficient (Wildman–Crippen LogP) is 2.71. The van der Waals surface area contributed by atoms with Crippen LogP contribution in [0.25, 0.3) is 0 Å². The molecular formula is C22H28N4O5. The highest BCUT2D eigenvalue weighted by atomic mass is 16.7. The molecule has 31 heavy (non-hydrogen) atoms. The smallest absolute Gasteiger partial charge is 0.221 e. The predicted molar refractivity (Wildman–Crippen MR) is 118 cm³/mol. The maximum atomic E-state index is 12.3. The average Bonchev–Trinajstić information content (AvgIpc) is 2.68. The molecule has 2 aromatic rings. The molecule has 2 N–H and O–H groups in total. The Labute approximate surface area is 181 Å². The minimum Gasteiger partial charge on any atom is -0.404 e. The Bertz CT molecular complexity index is 934. The van der Waals surface area contributed by atoms with Gasteiger partial charge in [-0.3, -0.25) is 14.4 Å². The van der Waals surface area contributed by atoms with Crippen molar-refractivity contribution < 1.29 is 24.1 Å². The summed E-state index contributed by atoms with van der Waals surface area (Å²) in [5.74, 6) is 0.275. The third kappa shape index (κ3) is 7.40. The Morgan fingerprint density at radius 1 is 0.806 bits per heavy atom. The number of hydrogen-bond acceptors (Lipinski definition) is 7. The van der Waals surface area contributed by atoms with E-state index < -0.39 is 6.04 Å². The van der Waals surface area contributed by atoms with Crippen molar-refractivity contribution in [3.63, 3.8) is 0 Å². The average molecular weight is 428 g/mol. The number of hydrogen-bond donors (Lipinski definition) is 2. The highest BCUT2D eigenvalue weighted by Crippen LogP contribution is 2.26. The summed E-state index contributed by atoms with van der Waals surface area (Å²) in [7, 11) is 3.31. The first-order chi connectivity index (χ1) is 14.7. The summed E-state index contributed by atoms with van der Waals surface area (Å²) in [5, 5.41) is 8.31. The number of anilines is 2. The first kappa shape index (κ1) is 23.8. The summed E-state index contributed by atoms with van der Waals surface area (Å²) in [6.45, 7) is 4.47. The minimum absolute atomic E-state index is 0.134. The van der Waals surface area contributed by atoms with Crippen LogP contribution < -0.4 is 20.3 Å². The lowest BCUT2D eigenvalue weighted by Gasteiger charge is -2.29. The number of likely N-dealkylation sites (N-methyl/N-ethyl adjacent to an activating group) is 2. The van der Waals surface area contributed by atoms with Crippen molar-refractivity contribution in [1.29, 1.82) is 0 Å². The van der Waals surface area contributed by atoms with E-state index in [1.54, 1.807) is 62.6 Å². The molecule has 0 aliphatic carbocycles. The number of benzene rings is 2. The first-order valence-corrected chi connectivity index (χ1v) is 9.71. The number of nitrogens with one attached hydrogen (secondary N) is 2. The van der Waals surface area contributed by atoms with Crippen LogP contribution in [0.4, 0.5) is 11.4 Å². The summed E-state index contributed by atoms with van der Waals surface area (Å²) in [4.78, 5) is 46.8. The molecule has 2 rings (SSSR count). The van der Waals surface area contributed by atoms with Crippen LogP contribution in [0.15, 0.2) is 48.5 Å². The second-order valence-electron chi connectivity index (χ2n) is 7.02. The highest BCUT2D eigenvalue weighted by molar-refractivity contribution is 5.91. The molecule has 2 aromatic carbocycles. The van der Waals surface area contributed by atoms with Crippen LogP contribution in [0.3, 0.4) is 0 Å². The van der Waals surface area contributed by atoms with E-state index in [4.69, 9.17) is 9.68 Å². The molecule has 9 heteroatoms. The van der Waals surface area contributed by atoms with E-state index in [9.17, 15) is 14.4 Å². The molecule has 0 aromatic heterocycles. The third-order valence-corrected chi connectivity index (χ3v) is 4.23. The van der Waals surface area contributed by atoms with Crippen LogP contribution in [0.1, 0.15) is 20.8 Å². The molecule has 1 unspecified atom stereocenters. The zero-order valence-corrected chi connectivity index (χ0v) is 18.3. The number of Topliss-reactive ketones (excluding diaryl/α,β-unsaturated/α-hetero) is 1. The van der Waals surface area contributed by atoms with E-state index >= 15 is 0 Å². The molecule has 0 saturated heterocycles. The Hall–Kier alpha value is -3.43. The lowest BCUT2D eigenvalue weighted by atomic mass is 10.2. The van der Waals surface area contributed by atoms with Crippen LogP contribution in [-0.4, -0.2) is 54.4 Å². The fourth-order valence-corrected chi connectivity index (χ4v) is 2.85. The van der Waals surface area contributed by atoms with Crippen molar-refractivity contribution in [3.8, 4) is 11.5 Å². The summed E-state index contributed by atoms with van der Waals surface area (Å²) >= 11 is 0. The Kier molecular flexibility index (Phi) is 8.53. The second-order valence-corrected chi connectivity index (χ2v) is 7.02. The standard InChI is InChI=1S/C22H28N4O5/c1-15(27)20(26(5)31-22-13-9-7-11-19(22)24-17(3)29)14-25(4)30-21-12-8-6-10-18(21)23-16(2)28/h6-13,20H,14H2,1-5H3,(H,23,28)(H,24,29). The number of carbonyl (C=O) groups is 3. The number of para-hydroxylation sites is 4. The summed E-state index contributed by atoms with van der Waals surface area (Å²) in [6, 6.07) is 13.3. The van der Waals surface area contributed by atoms with Crippen molar-refractivity contribution in [2.45, 2.75) is 26.8 Å². The molecule has 0 aliphatic rings. The quantitative estimate of drug-likeness (QED) is 0.561. The van der Waals surface area contributed by atoms with Crippen molar-refractivity contribution in [2.24, 2.45) is 0 Å². The van der Waals surface area contributed by atoms with Gasteiger partial charge in [0, 0.05) is 27.9 Å². The van der Waals surface area contributed by atoms with Gasteiger partial charge in [-0.25, -0.2) is 0 Å². The molecule has 0 fully saturated rings. The van der Waals surface area contributed by atoms with Crippen molar-refractivity contribution in [1.82, 2.24) is 10.1 Å². The fraction of sp³-hybridized carbons (Fsp3) is 0.318. The van der Waals surface area contributed by atoms with Crippen LogP contribution >= 0.6 is 0 Å². The van der Waals surface area contributed by atoms with Gasteiger partial charge in [-0.05, 0) is 31.2 Å². The Balaban J connectivity index is 2.10. The first-order valence-electron chi connectivity index (χ1n) is 9.71. The van der Waals surface area contributed by atoms with E-state index in [1.807, 2.05) is 0 Å². The number of carbonyl (C=O) groups excluding carboxylic acids is 3. The SMILES string of the molecule is CC(=O)Nc1ccccc1ON(C)CC(C(C)=O)N(C)Oc1ccccc1NC(C)=O. The van der Waals surface area contributed by atoms with Gasteiger partial charge >= 0.3 is 0 Å². The van der Waals surface area contributed by atoms with Crippen molar-refractivity contribution >= 4 is 29.0 Å². The molecule has 0 spiro atoms. The molecule has 0 heterocycles. The maximum Gasteiger partial charge on any atom is 0.221 e. The van der Waals surface area contributed by atoms with Crippen LogP contribution in [0.2, 0.25) is 0 Å². The zero-order valence-electron chi connectivity index (χ0n) is 18.3. The van der Waals surface area contributed by atoms with Crippen molar-refractivity contribution in [2.75, 3.05) is 31.3 Å². The van der Waals surface area contributed by atoms with E-state index in [0.29, 0.717) is 22.9 Å². The Morgan fingerprint density at radius 3 is 1.71 bits per heavy atom. The van der Waals surface area contributed by atoms with E-state index in [1.165, 1.54) is 30.9 Å². The van der Waals surface area contributed by atoms with Crippen LogP contribution in [0.5, 0.6) is 11.5 Å². The number of ketones is 1. The van der Waals surface area contributed by atoms with Gasteiger partial charge in [0.2, 0.25) is 11.8 Å². The summed E-state index contributed by atoms with van der Waals surface area (Å²) < 4.78 is 0. The van der Waals surface area contributed by atoms with Gasteiger partial charge in [0.15, 0.2) is 17.3 Å². The number of hydroxylamine groups is 4. The van der Waals surface area contributed by atoms with E-state index in [2.05, 4.69) is 10.6 Å². The van der Waals surface area contributed by atoms with Crippen LogP contribution in [0, 0.1) is 0 Å². The topological polar surface area (TPSA) is 100 Å². The minimum atomic E-state index is -0.664. The van der Waals surface area contributed by atoms with E-state index in [-0.39, 0.29) is 24.1 Å². The molecule has 0 radical (unpaired) electrons. The maximum absolute atomic E-state index is 12.3. The van der Waals surface area contributed by atoms with Gasteiger partial charge in [-0.1, -0.05) is 24.3 Å². The van der Waals surface area contributed by atoms with Gasteiger partial charge in [0.1, 0.15) is 6.04 Å². The zero-order chi connectivity index (χ0) is 23.0. The number of amides is 2. The largest absolute Gasteiger partial charge is 0.404 e. The van der Waals surface area contributed by atoms with Crippen molar-refractivity contribution in [3.05, 3.63) is 48.5 Å². The van der Waals surface area contributed by atoms with Gasteiger partial charge in [0.05, 0.1) is 17.9 Å². The fourth-order valence-electron chi connectivity index (χ4n) is 2.85. The summed E-state index contributed by atoms with van der Waals surface area (Å²) in [5.41, 5.74) is 1.02. The van der Waals surface area contributed by atoms with Gasteiger partial charge in [-0.15, -0.1) is 10.1 Å². The monoisotopic (exact) mass is 428 g/mol. The molecule has 0 bridgehead atoms. The molecule has 1 atom stereocenters. The van der Waals surface area contributed by atoms with Gasteiger partial charge in [-0.2, -0.15) is 0 Å². The highest BCUT2D eigenvalue weighted by Gasteiger charge is 2.25. The number of rotatable bonds is 10. The van der Waals surface area contributed by atoms with Gasteiger partial charge in [0.25, 0.3) is 0 Å². The lowest BCUT2D eigenvalue weighted by Crippen LogP contribution is -2.47. The molecule has 166 valence electrons. The molecule has 0 saturated carbocycles.